The Morgan fingerprint density at radius 3 is 3.00 bits per heavy atom. The molecule has 2 atom stereocenters. The Labute approximate surface area is 107 Å². The van der Waals surface area contributed by atoms with Gasteiger partial charge in [-0.1, -0.05) is 25.1 Å². The van der Waals surface area contributed by atoms with Gasteiger partial charge in [0, 0.05) is 11.2 Å². The number of benzene rings is 1. The third kappa shape index (κ3) is 2.12. The summed E-state index contributed by atoms with van der Waals surface area (Å²) in [6.45, 7) is 4.65. The first-order valence-electron chi connectivity index (χ1n) is 6.44. The van der Waals surface area contributed by atoms with Gasteiger partial charge in [0.15, 0.2) is 0 Å². The van der Waals surface area contributed by atoms with E-state index in [1.54, 1.807) is 5.56 Å². The molecule has 0 aliphatic heterocycles. The van der Waals surface area contributed by atoms with Crippen LogP contribution in [-0.4, -0.2) is 25.0 Å². The van der Waals surface area contributed by atoms with Gasteiger partial charge in [0.05, 0.1) is 0 Å². The van der Waals surface area contributed by atoms with Crippen LogP contribution in [0.5, 0.6) is 0 Å². The monoisotopic (exact) mass is 245 g/mol. The summed E-state index contributed by atoms with van der Waals surface area (Å²) < 4.78 is 1.44. The summed E-state index contributed by atoms with van der Waals surface area (Å²) in [7, 11) is 2.22. The SMILES string of the molecule is CCN(C)CC1CC1c1csc2ccccc12. The summed E-state index contributed by atoms with van der Waals surface area (Å²) >= 11 is 1.90. The van der Waals surface area contributed by atoms with Crippen LogP contribution in [0.4, 0.5) is 0 Å². The molecule has 0 spiro atoms. The zero-order valence-electron chi connectivity index (χ0n) is 10.5. The molecule has 2 heteroatoms. The van der Waals surface area contributed by atoms with Gasteiger partial charge in [-0.2, -0.15) is 0 Å². The number of rotatable bonds is 4. The molecule has 90 valence electrons. The van der Waals surface area contributed by atoms with Crippen LogP contribution < -0.4 is 0 Å². The fourth-order valence-corrected chi connectivity index (χ4v) is 3.67. The van der Waals surface area contributed by atoms with Gasteiger partial charge in [0.1, 0.15) is 0 Å². The molecule has 0 saturated heterocycles. The van der Waals surface area contributed by atoms with E-state index in [1.807, 2.05) is 11.3 Å². The summed E-state index contributed by atoms with van der Waals surface area (Å²) in [5.74, 6) is 1.71. The van der Waals surface area contributed by atoms with Crippen molar-refractivity contribution in [3.05, 3.63) is 35.2 Å². The lowest BCUT2D eigenvalue weighted by atomic mass is 10.1. The second-order valence-electron chi connectivity index (χ2n) is 5.14. The van der Waals surface area contributed by atoms with E-state index < -0.39 is 0 Å². The lowest BCUT2D eigenvalue weighted by Crippen LogP contribution is -2.20. The number of nitrogens with zero attached hydrogens (tertiary/aromatic N) is 1. The van der Waals surface area contributed by atoms with Crippen LogP contribution >= 0.6 is 11.3 Å². The van der Waals surface area contributed by atoms with E-state index in [9.17, 15) is 0 Å². The third-order valence-corrected chi connectivity index (χ3v) is 4.90. The summed E-state index contributed by atoms with van der Waals surface area (Å²) in [4.78, 5) is 2.43. The van der Waals surface area contributed by atoms with Crippen LogP contribution in [0.2, 0.25) is 0 Å². The highest BCUT2D eigenvalue weighted by molar-refractivity contribution is 7.17. The first kappa shape index (κ1) is 11.2. The molecule has 0 radical (unpaired) electrons. The Balaban J connectivity index is 1.78. The lowest BCUT2D eigenvalue weighted by Gasteiger charge is -2.12. The van der Waals surface area contributed by atoms with E-state index >= 15 is 0 Å². The molecular weight excluding hydrogens is 226 g/mol. The van der Waals surface area contributed by atoms with Crippen LogP contribution in [-0.2, 0) is 0 Å². The number of hydrogen-bond acceptors (Lipinski definition) is 2. The van der Waals surface area contributed by atoms with Crippen LogP contribution in [0.25, 0.3) is 10.1 Å². The van der Waals surface area contributed by atoms with Gasteiger partial charge in [-0.15, -0.1) is 11.3 Å². The van der Waals surface area contributed by atoms with Crippen molar-refractivity contribution in [1.29, 1.82) is 0 Å². The highest BCUT2D eigenvalue weighted by Crippen LogP contribution is 2.50. The van der Waals surface area contributed by atoms with Gasteiger partial charge < -0.3 is 4.90 Å². The van der Waals surface area contributed by atoms with Crippen molar-refractivity contribution < 1.29 is 0 Å². The normalized spacial score (nSPS) is 23.5. The fourth-order valence-electron chi connectivity index (χ4n) is 2.65. The van der Waals surface area contributed by atoms with Gasteiger partial charge in [0.25, 0.3) is 0 Å². The molecule has 1 saturated carbocycles. The average Bonchev–Trinajstić information content (AvgIpc) is 2.97. The smallest absolute Gasteiger partial charge is 0.0345 e. The van der Waals surface area contributed by atoms with Crippen molar-refractivity contribution in [2.45, 2.75) is 19.3 Å². The molecule has 1 nitrogen and oxygen atoms in total. The molecule has 0 bridgehead atoms. The highest BCUT2D eigenvalue weighted by atomic mass is 32.1. The molecule has 0 N–H and O–H groups in total. The second-order valence-corrected chi connectivity index (χ2v) is 6.06. The average molecular weight is 245 g/mol. The first-order chi connectivity index (χ1) is 8.29. The molecule has 2 aromatic rings. The lowest BCUT2D eigenvalue weighted by molar-refractivity contribution is 0.335. The maximum absolute atomic E-state index is 2.43. The molecule has 17 heavy (non-hydrogen) atoms. The van der Waals surface area contributed by atoms with Gasteiger partial charge in [-0.3, -0.25) is 0 Å². The highest BCUT2D eigenvalue weighted by Gasteiger charge is 2.39. The Kier molecular flexibility index (Phi) is 2.93. The Morgan fingerprint density at radius 1 is 1.35 bits per heavy atom. The predicted octanol–water partition coefficient (Wildman–Crippen LogP) is 3.96. The molecule has 1 aliphatic carbocycles. The zero-order valence-corrected chi connectivity index (χ0v) is 11.3. The number of hydrogen-bond donors (Lipinski definition) is 0. The Bertz CT molecular complexity index is 516. The minimum Gasteiger partial charge on any atom is -0.306 e. The van der Waals surface area contributed by atoms with E-state index in [-0.39, 0.29) is 0 Å². The minimum absolute atomic E-state index is 0.820. The van der Waals surface area contributed by atoms with Gasteiger partial charge in [0.2, 0.25) is 0 Å². The first-order valence-corrected chi connectivity index (χ1v) is 7.32. The van der Waals surface area contributed by atoms with Crippen molar-refractivity contribution in [2.75, 3.05) is 20.1 Å². The summed E-state index contributed by atoms with van der Waals surface area (Å²) in [6, 6.07) is 8.81. The maximum Gasteiger partial charge on any atom is 0.0345 e. The standard InChI is InChI=1S/C15H19NS/c1-3-16(2)9-11-8-13(11)14-10-17-15-7-5-4-6-12(14)15/h4-7,10-11,13H,3,8-9H2,1-2H3. The molecule has 0 amide bonds. The summed E-state index contributed by atoms with van der Waals surface area (Å²) in [5.41, 5.74) is 1.60. The molecule has 1 heterocycles. The quantitative estimate of drug-likeness (QED) is 0.788. The number of fused-ring (bicyclic) bond motifs is 1. The predicted molar refractivity (Wildman–Crippen MR) is 75.8 cm³/mol. The molecule has 1 aromatic heterocycles. The summed E-state index contributed by atoms with van der Waals surface area (Å²) in [5, 5.41) is 3.87. The van der Waals surface area contributed by atoms with Gasteiger partial charge in [-0.25, -0.2) is 0 Å². The van der Waals surface area contributed by atoms with E-state index in [0.29, 0.717) is 0 Å². The van der Waals surface area contributed by atoms with E-state index in [0.717, 1.165) is 18.4 Å². The maximum atomic E-state index is 2.43. The molecule has 1 fully saturated rings. The van der Waals surface area contributed by atoms with E-state index in [2.05, 4.69) is 48.5 Å². The molecule has 1 aromatic carbocycles. The largest absolute Gasteiger partial charge is 0.306 e. The van der Waals surface area contributed by atoms with Crippen molar-refractivity contribution in [3.8, 4) is 0 Å². The van der Waals surface area contributed by atoms with Gasteiger partial charge >= 0.3 is 0 Å². The molecule has 1 aliphatic rings. The Hall–Kier alpha value is -0.860. The van der Waals surface area contributed by atoms with Crippen molar-refractivity contribution in [1.82, 2.24) is 4.90 Å². The molecule has 2 unspecified atom stereocenters. The molecular formula is C15H19NS. The zero-order chi connectivity index (χ0) is 11.8. The van der Waals surface area contributed by atoms with Crippen LogP contribution in [0.3, 0.4) is 0 Å². The fraction of sp³-hybridized carbons (Fsp3) is 0.467. The summed E-state index contributed by atoms with van der Waals surface area (Å²) in [6.07, 6.45) is 1.38. The van der Waals surface area contributed by atoms with Crippen LogP contribution in [0.15, 0.2) is 29.6 Å². The van der Waals surface area contributed by atoms with E-state index in [1.165, 1.54) is 23.1 Å². The number of thiophene rings is 1. The Morgan fingerprint density at radius 2 is 2.18 bits per heavy atom. The topological polar surface area (TPSA) is 3.24 Å². The van der Waals surface area contributed by atoms with Crippen molar-refractivity contribution >= 4 is 21.4 Å². The van der Waals surface area contributed by atoms with Crippen molar-refractivity contribution in [3.63, 3.8) is 0 Å². The minimum atomic E-state index is 0.820. The molecule has 3 rings (SSSR count). The van der Waals surface area contributed by atoms with Crippen LogP contribution in [0.1, 0.15) is 24.8 Å². The third-order valence-electron chi connectivity index (χ3n) is 3.92. The van der Waals surface area contributed by atoms with E-state index in [4.69, 9.17) is 0 Å². The van der Waals surface area contributed by atoms with Crippen molar-refractivity contribution in [2.24, 2.45) is 5.92 Å². The van der Waals surface area contributed by atoms with Crippen LogP contribution in [0, 0.1) is 5.92 Å². The van der Waals surface area contributed by atoms with Gasteiger partial charge in [-0.05, 0) is 54.2 Å². The second kappa shape index (κ2) is 4.43.